The molecule has 0 aromatic heterocycles. The minimum Gasteiger partial charge on any atom is -0.491 e. The highest BCUT2D eigenvalue weighted by atomic mass is 16.5. The molecule has 2 atom stereocenters. The Morgan fingerprint density at radius 2 is 2.00 bits per heavy atom. The molecule has 1 N–H and O–H groups in total. The van der Waals surface area contributed by atoms with E-state index in [1.807, 2.05) is 30.3 Å². The molecule has 3 rings (SSSR count). The molecule has 1 aliphatic rings. The predicted molar refractivity (Wildman–Crippen MR) is 98.8 cm³/mol. The Balaban J connectivity index is 1.61. The molecule has 0 saturated heterocycles. The molecule has 2 aromatic rings. The van der Waals surface area contributed by atoms with Gasteiger partial charge in [-0.1, -0.05) is 42.5 Å². The molecule has 0 bridgehead atoms. The van der Waals surface area contributed by atoms with Crippen LogP contribution < -0.4 is 9.64 Å². The molecule has 0 fully saturated rings. The van der Waals surface area contributed by atoms with Crippen LogP contribution >= 0.6 is 0 Å². The van der Waals surface area contributed by atoms with Crippen LogP contribution in [-0.4, -0.2) is 30.4 Å². The number of anilines is 1. The number of aliphatic hydroxyl groups is 1. The maximum absolute atomic E-state index is 10.4. The zero-order valence-corrected chi connectivity index (χ0v) is 14.2. The van der Waals surface area contributed by atoms with Crippen molar-refractivity contribution < 1.29 is 9.84 Å². The SMILES string of the molecule is C=CCc1ccccc1OCC(O)CN1c2ccccc2CC1C. The van der Waals surface area contributed by atoms with Crippen LogP contribution in [0.1, 0.15) is 18.1 Å². The second-order valence-corrected chi connectivity index (χ2v) is 6.40. The molecule has 0 aliphatic carbocycles. The van der Waals surface area contributed by atoms with Crippen molar-refractivity contribution in [2.45, 2.75) is 31.9 Å². The maximum atomic E-state index is 10.4. The molecular formula is C21H25NO2. The molecule has 2 aromatic carbocycles. The summed E-state index contributed by atoms with van der Waals surface area (Å²) in [6.07, 6.45) is 3.13. The summed E-state index contributed by atoms with van der Waals surface area (Å²) in [6.45, 7) is 6.86. The zero-order chi connectivity index (χ0) is 16.9. The van der Waals surface area contributed by atoms with Crippen molar-refractivity contribution >= 4 is 5.69 Å². The molecule has 24 heavy (non-hydrogen) atoms. The second-order valence-electron chi connectivity index (χ2n) is 6.40. The first-order valence-electron chi connectivity index (χ1n) is 8.53. The molecule has 3 nitrogen and oxygen atoms in total. The highest BCUT2D eigenvalue weighted by Crippen LogP contribution is 2.31. The lowest BCUT2D eigenvalue weighted by Crippen LogP contribution is -2.39. The summed E-state index contributed by atoms with van der Waals surface area (Å²) in [6, 6.07) is 16.7. The van der Waals surface area contributed by atoms with Gasteiger partial charge in [0, 0.05) is 18.3 Å². The van der Waals surface area contributed by atoms with Crippen molar-refractivity contribution in [3.63, 3.8) is 0 Å². The van der Waals surface area contributed by atoms with Gasteiger partial charge < -0.3 is 14.7 Å². The summed E-state index contributed by atoms with van der Waals surface area (Å²) >= 11 is 0. The Morgan fingerprint density at radius 1 is 1.25 bits per heavy atom. The maximum Gasteiger partial charge on any atom is 0.122 e. The van der Waals surface area contributed by atoms with Gasteiger partial charge in [-0.15, -0.1) is 6.58 Å². The van der Waals surface area contributed by atoms with Crippen molar-refractivity contribution in [1.29, 1.82) is 0 Å². The third-order valence-corrected chi connectivity index (χ3v) is 4.52. The summed E-state index contributed by atoms with van der Waals surface area (Å²) < 4.78 is 5.86. The molecule has 1 heterocycles. The lowest BCUT2D eigenvalue weighted by molar-refractivity contribution is 0.110. The zero-order valence-electron chi connectivity index (χ0n) is 14.2. The van der Waals surface area contributed by atoms with Gasteiger partial charge in [0.15, 0.2) is 0 Å². The normalized spacial score (nSPS) is 17.4. The fourth-order valence-electron chi connectivity index (χ4n) is 3.34. The molecule has 0 radical (unpaired) electrons. The van der Waals surface area contributed by atoms with Crippen molar-refractivity contribution in [2.75, 3.05) is 18.1 Å². The summed E-state index contributed by atoms with van der Waals surface area (Å²) in [5.41, 5.74) is 3.69. The lowest BCUT2D eigenvalue weighted by atomic mass is 10.1. The smallest absolute Gasteiger partial charge is 0.122 e. The molecule has 1 aliphatic heterocycles. The van der Waals surface area contributed by atoms with Gasteiger partial charge in [0.25, 0.3) is 0 Å². The number of ether oxygens (including phenoxy) is 1. The van der Waals surface area contributed by atoms with Crippen LogP contribution in [0.4, 0.5) is 5.69 Å². The lowest BCUT2D eigenvalue weighted by Gasteiger charge is -2.27. The summed E-state index contributed by atoms with van der Waals surface area (Å²) in [4.78, 5) is 2.28. The molecule has 3 heteroatoms. The number of rotatable bonds is 7. The third kappa shape index (κ3) is 3.62. The fraction of sp³-hybridized carbons (Fsp3) is 0.333. The van der Waals surface area contributed by atoms with Crippen molar-refractivity contribution in [1.82, 2.24) is 0 Å². The average Bonchev–Trinajstić information content (AvgIpc) is 2.90. The monoisotopic (exact) mass is 323 g/mol. The Hall–Kier alpha value is -2.26. The molecule has 2 unspecified atom stereocenters. The van der Waals surface area contributed by atoms with Gasteiger partial charge in [0.2, 0.25) is 0 Å². The van der Waals surface area contributed by atoms with E-state index in [-0.39, 0.29) is 0 Å². The fourth-order valence-corrected chi connectivity index (χ4v) is 3.34. The van der Waals surface area contributed by atoms with Crippen LogP contribution in [0.2, 0.25) is 0 Å². The topological polar surface area (TPSA) is 32.7 Å². The van der Waals surface area contributed by atoms with Gasteiger partial charge in [-0.2, -0.15) is 0 Å². The number of benzene rings is 2. The average molecular weight is 323 g/mol. The van der Waals surface area contributed by atoms with Crippen LogP contribution in [0.15, 0.2) is 61.2 Å². The number of para-hydroxylation sites is 2. The van der Waals surface area contributed by atoms with Gasteiger partial charge >= 0.3 is 0 Å². The summed E-state index contributed by atoms with van der Waals surface area (Å²) in [7, 11) is 0. The van der Waals surface area contributed by atoms with E-state index in [1.165, 1.54) is 11.3 Å². The number of β-amino-alcohol motifs (C(OH)–C–C–N with tert-alkyl or cyclic N) is 1. The Labute approximate surface area is 144 Å². The van der Waals surface area contributed by atoms with Crippen molar-refractivity contribution in [2.24, 2.45) is 0 Å². The molecular weight excluding hydrogens is 298 g/mol. The first kappa shape index (κ1) is 16.6. The van der Waals surface area contributed by atoms with Gasteiger partial charge in [0.1, 0.15) is 18.5 Å². The number of hydrogen-bond donors (Lipinski definition) is 1. The molecule has 0 saturated carbocycles. The van der Waals surface area contributed by atoms with E-state index in [1.54, 1.807) is 0 Å². The van der Waals surface area contributed by atoms with E-state index >= 15 is 0 Å². The number of hydrogen-bond acceptors (Lipinski definition) is 3. The number of fused-ring (bicyclic) bond motifs is 1. The van der Waals surface area contributed by atoms with E-state index in [0.717, 1.165) is 24.2 Å². The van der Waals surface area contributed by atoms with Crippen molar-refractivity contribution in [3.05, 3.63) is 72.3 Å². The van der Waals surface area contributed by atoms with Crippen molar-refractivity contribution in [3.8, 4) is 5.75 Å². The minimum absolute atomic E-state index is 0.291. The van der Waals surface area contributed by atoms with Gasteiger partial charge in [-0.25, -0.2) is 0 Å². The second kappa shape index (κ2) is 7.54. The highest BCUT2D eigenvalue weighted by Gasteiger charge is 2.27. The van der Waals surface area contributed by atoms with Crippen LogP contribution in [0.25, 0.3) is 0 Å². The number of allylic oxidation sites excluding steroid dienone is 1. The van der Waals surface area contributed by atoms with Crippen LogP contribution in [0, 0.1) is 0 Å². The number of nitrogens with zero attached hydrogens (tertiary/aromatic N) is 1. The highest BCUT2D eigenvalue weighted by molar-refractivity contribution is 5.59. The largest absolute Gasteiger partial charge is 0.491 e. The first-order chi connectivity index (χ1) is 11.7. The van der Waals surface area contributed by atoms with E-state index in [4.69, 9.17) is 4.74 Å². The summed E-state index contributed by atoms with van der Waals surface area (Å²) in [5, 5.41) is 10.4. The Kier molecular flexibility index (Phi) is 5.21. The van der Waals surface area contributed by atoms with Crippen LogP contribution in [0.5, 0.6) is 5.75 Å². The standard InChI is InChI=1S/C21H25NO2/c1-3-8-17-9-5-7-12-21(17)24-15-19(23)14-22-16(2)13-18-10-4-6-11-20(18)22/h3-7,9-12,16,19,23H,1,8,13-15H2,2H3. The van der Waals surface area contributed by atoms with Crippen LogP contribution in [-0.2, 0) is 12.8 Å². The van der Waals surface area contributed by atoms with E-state index in [2.05, 4.69) is 42.7 Å². The van der Waals surface area contributed by atoms with Gasteiger partial charge in [0.05, 0.1) is 0 Å². The molecule has 0 amide bonds. The third-order valence-electron chi connectivity index (χ3n) is 4.52. The first-order valence-corrected chi connectivity index (χ1v) is 8.53. The Bertz CT molecular complexity index is 698. The van der Waals surface area contributed by atoms with Gasteiger partial charge in [-0.05, 0) is 43.0 Å². The predicted octanol–water partition coefficient (Wildman–Crippen LogP) is 3.61. The van der Waals surface area contributed by atoms with E-state index in [9.17, 15) is 5.11 Å². The van der Waals surface area contributed by atoms with E-state index < -0.39 is 6.10 Å². The quantitative estimate of drug-likeness (QED) is 0.790. The number of aliphatic hydroxyl groups excluding tert-OH is 1. The van der Waals surface area contributed by atoms with Gasteiger partial charge in [-0.3, -0.25) is 0 Å². The molecule has 0 spiro atoms. The summed E-state index contributed by atoms with van der Waals surface area (Å²) in [5.74, 6) is 0.825. The van der Waals surface area contributed by atoms with Crippen LogP contribution in [0.3, 0.4) is 0 Å². The molecule has 126 valence electrons. The minimum atomic E-state index is -0.532. The Morgan fingerprint density at radius 3 is 2.83 bits per heavy atom. The van der Waals surface area contributed by atoms with E-state index in [0.29, 0.717) is 19.2 Å².